The van der Waals surface area contributed by atoms with Gasteiger partial charge in [-0.3, -0.25) is 4.79 Å². The van der Waals surface area contributed by atoms with Crippen LogP contribution in [0.15, 0.2) is 26.9 Å². The second kappa shape index (κ2) is 7.10. The Morgan fingerprint density at radius 3 is 2.70 bits per heavy atom. The second-order valence-electron chi connectivity index (χ2n) is 4.19. The molecule has 0 fully saturated rings. The predicted octanol–water partition coefficient (Wildman–Crippen LogP) is 3.61. The normalized spacial score (nSPS) is 10.6. The van der Waals surface area contributed by atoms with Crippen molar-refractivity contribution >= 4 is 46.5 Å². The summed E-state index contributed by atoms with van der Waals surface area (Å²) in [6, 6.07) is 5.98. The number of rotatable bonds is 5. The zero-order valence-corrected chi connectivity index (χ0v) is 13.9. The van der Waals surface area contributed by atoms with E-state index in [1.165, 1.54) is 28.7 Å². The van der Waals surface area contributed by atoms with Gasteiger partial charge in [0.25, 0.3) is 0 Å². The predicted molar refractivity (Wildman–Crippen MR) is 87.0 cm³/mol. The fraction of sp³-hybridized carbons (Fsp3) is 0.308. The van der Waals surface area contributed by atoms with Crippen molar-refractivity contribution in [1.29, 1.82) is 0 Å². The van der Waals surface area contributed by atoms with Crippen LogP contribution >= 0.6 is 34.9 Å². The van der Waals surface area contributed by atoms with Gasteiger partial charge in [-0.25, -0.2) is 0 Å². The summed E-state index contributed by atoms with van der Waals surface area (Å²) in [6.07, 6.45) is 1.96. The molecule has 0 radical (unpaired) electrons. The number of thioether (sulfide) groups is 2. The first-order valence-corrected chi connectivity index (χ1v) is 8.98. The van der Waals surface area contributed by atoms with Crippen LogP contribution in [0.1, 0.15) is 11.1 Å². The highest BCUT2D eigenvalue weighted by Gasteiger charge is 2.09. The van der Waals surface area contributed by atoms with Gasteiger partial charge >= 0.3 is 0 Å². The van der Waals surface area contributed by atoms with Crippen LogP contribution in [-0.2, 0) is 4.79 Å². The van der Waals surface area contributed by atoms with Crippen LogP contribution < -0.4 is 5.32 Å². The lowest BCUT2D eigenvalue weighted by Crippen LogP contribution is -2.14. The van der Waals surface area contributed by atoms with E-state index in [0.717, 1.165) is 19.9 Å². The molecular weight excluding hydrogens is 310 g/mol. The average molecular weight is 325 g/mol. The molecule has 0 spiro atoms. The first-order chi connectivity index (χ1) is 9.58. The van der Waals surface area contributed by atoms with Crippen molar-refractivity contribution in [3.63, 3.8) is 0 Å². The Balaban J connectivity index is 1.89. The van der Waals surface area contributed by atoms with Crippen molar-refractivity contribution in [2.75, 3.05) is 17.3 Å². The Morgan fingerprint density at radius 1 is 1.30 bits per heavy atom. The van der Waals surface area contributed by atoms with E-state index in [9.17, 15) is 4.79 Å². The molecule has 7 heteroatoms. The molecule has 0 aliphatic heterocycles. The highest BCUT2D eigenvalue weighted by molar-refractivity contribution is 8.03. The average Bonchev–Trinajstić information content (AvgIpc) is 2.88. The monoisotopic (exact) mass is 325 g/mol. The highest BCUT2D eigenvalue weighted by Crippen LogP contribution is 2.27. The number of nitrogens with zero attached hydrogens (tertiary/aromatic N) is 2. The summed E-state index contributed by atoms with van der Waals surface area (Å²) < 4.78 is 1.74. The van der Waals surface area contributed by atoms with Crippen molar-refractivity contribution in [1.82, 2.24) is 10.2 Å². The van der Waals surface area contributed by atoms with Crippen LogP contribution in [-0.4, -0.2) is 28.1 Å². The summed E-state index contributed by atoms with van der Waals surface area (Å²) in [5, 5.41) is 10.9. The smallest absolute Gasteiger partial charge is 0.234 e. The first-order valence-electron chi connectivity index (χ1n) is 5.96. The molecule has 0 unspecified atom stereocenters. The standard InChI is InChI=1S/C13H15N3OS3/c1-8-4-5-10(9(2)6-8)14-11(17)7-19-13-16-15-12(18-3)20-13/h4-6H,7H2,1-3H3,(H,14,17). The quantitative estimate of drug-likeness (QED) is 0.851. The maximum Gasteiger partial charge on any atom is 0.234 e. The molecular formula is C13H15N3OS3. The number of amides is 1. The summed E-state index contributed by atoms with van der Waals surface area (Å²) in [5.74, 6) is 0.318. The SMILES string of the molecule is CSc1nnc(SCC(=O)Nc2ccc(C)cc2C)s1. The molecule has 1 amide bonds. The number of carbonyl (C=O) groups excluding carboxylic acids is 1. The van der Waals surface area contributed by atoms with Crippen LogP contribution in [0.4, 0.5) is 5.69 Å². The molecule has 1 heterocycles. The number of aryl methyl sites for hydroxylation is 2. The number of aromatic nitrogens is 2. The third-order valence-corrected chi connectivity index (χ3v) is 5.58. The Bertz CT molecular complexity index is 613. The molecule has 0 bridgehead atoms. The van der Waals surface area contributed by atoms with Gasteiger partial charge < -0.3 is 5.32 Å². The van der Waals surface area contributed by atoms with Crippen molar-refractivity contribution in [3.8, 4) is 0 Å². The molecule has 106 valence electrons. The number of anilines is 1. The Morgan fingerprint density at radius 2 is 2.05 bits per heavy atom. The van der Waals surface area contributed by atoms with Gasteiger partial charge in [0, 0.05) is 5.69 Å². The molecule has 1 aromatic heterocycles. The summed E-state index contributed by atoms with van der Waals surface area (Å²) in [6.45, 7) is 4.03. The molecule has 1 N–H and O–H groups in total. The lowest BCUT2D eigenvalue weighted by atomic mass is 10.1. The molecule has 0 atom stereocenters. The maximum atomic E-state index is 11.9. The lowest BCUT2D eigenvalue weighted by Gasteiger charge is -2.08. The van der Waals surface area contributed by atoms with E-state index in [-0.39, 0.29) is 5.91 Å². The maximum absolute atomic E-state index is 11.9. The first kappa shape index (κ1) is 15.3. The number of nitrogens with one attached hydrogen (secondary N) is 1. The van der Waals surface area contributed by atoms with Crippen molar-refractivity contribution in [3.05, 3.63) is 29.3 Å². The fourth-order valence-electron chi connectivity index (χ4n) is 1.61. The van der Waals surface area contributed by atoms with Crippen LogP contribution in [0.2, 0.25) is 0 Å². The summed E-state index contributed by atoms with van der Waals surface area (Å²) in [7, 11) is 0. The molecule has 4 nitrogen and oxygen atoms in total. The number of carbonyl (C=O) groups is 1. The van der Waals surface area contributed by atoms with Crippen LogP contribution in [0.25, 0.3) is 0 Å². The van der Waals surface area contributed by atoms with Gasteiger partial charge in [-0.1, -0.05) is 52.6 Å². The molecule has 0 aliphatic carbocycles. The molecule has 2 aromatic rings. The molecule has 1 aromatic carbocycles. The zero-order valence-electron chi connectivity index (χ0n) is 11.5. The van der Waals surface area contributed by atoms with E-state index < -0.39 is 0 Å². The number of hydrogen-bond donors (Lipinski definition) is 1. The Hall–Kier alpha value is -1.05. The molecule has 0 aliphatic rings. The van der Waals surface area contributed by atoms with Crippen LogP contribution in [0, 0.1) is 13.8 Å². The van der Waals surface area contributed by atoms with E-state index in [1.54, 1.807) is 11.8 Å². The van der Waals surface area contributed by atoms with Crippen molar-refractivity contribution in [2.45, 2.75) is 22.5 Å². The van der Waals surface area contributed by atoms with Crippen LogP contribution in [0.5, 0.6) is 0 Å². The third-order valence-electron chi connectivity index (χ3n) is 2.55. The van der Waals surface area contributed by atoms with Crippen molar-refractivity contribution < 1.29 is 4.79 Å². The van der Waals surface area contributed by atoms with Gasteiger partial charge in [0.2, 0.25) is 5.91 Å². The van der Waals surface area contributed by atoms with Gasteiger partial charge in [0.1, 0.15) is 0 Å². The lowest BCUT2D eigenvalue weighted by molar-refractivity contribution is -0.113. The minimum absolute atomic E-state index is 0.0251. The second-order valence-corrected chi connectivity index (χ2v) is 7.45. The summed E-state index contributed by atoms with van der Waals surface area (Å²) >= 11 is 4.48. The molecule has 20 heavy (non-hydrogen) atoms. The number of benzene rings is 1. The van der Waals surface area contributed by atoms with Gasteiger partial charge in [0.15, 0.2) is 8.68 Å². The minimum atomic E-state index is -0.0251. The molecule has 0 saturated carbocycles. The van der Waals surface area contributed by atoms with E-state index in [4.69, 9.17) is 0 Å². The Kier molecular flexibility index (Phi) is 5.45. The zero-order chi connectivity index (χ0) is 14.5. The van der Waals surface area contributed by atoms with Gasteiger partial charge in [-0.2, -0.15) is 0 Å². The van der Waals surface area contributed by atoms with E-state index in [1.807, 2.05) is 32.2 Å². The van der Waals surface area contributed by atoms with E-state index in [2.05, 4.69) is 21.6 Å². The van der Waals surface area contributed by atoms with Gasteiger partial charge in [0.05, 0.1) is 5.75 Å². The van der Waals surface area contributed by atoms with Crippen molar-refractivity contribution in [2.24, 2.45) is 0 Å². The van der Waals surface area contributed by atoms with E-state index in [0.29, 0.717) is 5.75 Å². The van der Waals surface area contributed by atoms with Gasteiger partial charge in [-0.05, 0) is 31.7 Å². The topological polar surface area (TPSA) is 54.9 Å². The largest absolute Gasteiger partial charge is 0.325 e. The summed E-state index contributed by atoms with van der Waals surface area (Å²) in [5.41, 5.74) is 3.13. The summed E-state index contributed by atoms with van der Waals surface area (Å²) in [4.78, 5) is 11.9. The molecule has 2 rings (SSSR count). The van der Waals surface area contributed by atoms with Crippen LogP contribution in [0.3, 0.4) is 0 Å². The Labute approximate surface area is 130 Å². The fourth-order valence-corrected chi connectivity index (χ4v) is 3.84. The highest BCUT2D eigenvalue weighted by atomic mass is 32.2. The minimum Gasteiger partial charge on any atom is -0.325 e. The number of hydrogen-bond acceptors (Lipinski definition) is 6. The molecule has 0 saturated heterocycles. The van der Waals surface area contributed by atoms with E-state index >= 15 is 0 Å². The van der Waals surface area contributed by atoms with Gasteiger partial charge in [-0.15, -0.1) is 10.2 Å². The third kappa shape index (κ3) is 4.22.